The lowest BCUT2D eigenvalue weighted by atomic mass is 10.1. The number of ether oxygens (including phenoxy) is 1. The zero-order valence-electron chi connectivity index (χ0n) is 12.0. The van der Waals surface area contributed by atoms with E-state index in [-0.39, 0.29) is 5.76 Å². The molecule has 1 heterocycles. The van der Waals surface area contributed by atoms with Gasteiger partial charge < -0.3 is 9.15 Å². The summed E-state index contributed by atoms with van der Waals surface area (Å²) < 4.78 is 11.9. The van der Waals surface area contributed by atoms with Crippen molar-refractivity contribution in [1.29, 1.82) is 0 Å². The molecule has 0 saturated heterocycles. The van der Waals surface area contributed by atoms with E-state index in [2.05, 4.69) is 27.6 Å². The van der Waals surface area contributed by atoms with Crippen LogP contribution in [0.3, 0.4) is 0 Å². The minimum absolute atomic E-state index is 0.270. The lowest BCUT2D eigenvalue weighted by molar-refractivity contribution is 0.0489. The number of hydrogen-bond donors (Lipinski definition) is 0. The largest absolute Gasteiger partial charge is 0.460 e. The molecule has 1 fully saturated rings. The number of carbonyl (C=O) groups excluding carboxylic acids is 1. The summed E-state index contributed by atoms with van der Waals surface area (Å²) in [4.78, 5) is 16.6. The molecule has 1 aromatic heterocycles. The molecule has 1 saturated carbocycles. The molecule has 21 heavy (non-hydrogen) atoms. The average Bonchev–Trinajstić information content (AvgIpc) is 3.21. The molecule has 1 aromatic carbocycles. The number of halogens is 1. The van der Waals surface area contributed by atoms with Gasteiger partial charge in [0.15, 0.2) is 0 Å². The van der Waals surface area contributed by atoms with E-state index < -0.39 is 5.97 Å². The lowest BCUT2D eigenvalue weighted by Gasteiger charge is -2.02. The molecule has 4 nitrogen and oxygen atoms in total. The van der Waals surface area contributed by atoms with E-state index in [4.69, 9.17) is 9.15 Å². The Morgan fingerprint density at radius 3 is 2.90 bits per heavy atom. The van der Waals surface area contributed by atoms with Crippen molar-refractivity contribution in [2.24, 2.45) is 0 Å². The highest BCUT2D eigenvalue weighted by molar-refractivity contribution is 14.1. The van der Waals surface area contributed by atoms with Crippen molar-refractivity contribution in [3.05, 3.63) is 38.8 Å². The maximum absolute atomic E-state index is 12.0. The third-order valence-corrected chi connectivity index (χ3v) is 4.93. The van der Waals surface area contributed by atoms with E-state index in [1.807, 2.05) is 25.1 Å². The molecular formula is C16H16INO3. The van der Waals surface area contributed by atoms with Crippen molar-refractivity contribution in [1.82, 2.24) is 4.98 Å². The van der Waals surface area contributed by atoms with E-state index in [1.165, 1.54) is 0 Å². The van der Waals surface area contributed by atoms with Gasteiger partial charge in [-0.25, -0.2) is 9.78 Å². The fourth-order valence-corrected chi connectivity index (χ4v) is 2.83. The second-order valence-electron chi connectivity index (χ2n) is 5.16. The first-order valence-corrected chi connectivity index (χ1v) is 8.13. The maximum Gasteiger partial charge on any atom is 0.376 e. The van der Waals surface area contributed by atoms with Crippen molar-refractivity contribution in [2.45, 2.75) is 32.6 Å². The molecule has 0 unspecified atom stereocenters. The average molecular weight is 397 g/mol. The van der Waals surface area contributed by atoms with Gasteiger partial charge in [0.25, 0.3) is 0 Å². The summed E-state index contributed by atoms with van der Waals surface area (Å²) in [6.07, 6.45) is 2.12. The van der Waals surface area contributed by atoms with Gasteiger partial charge >= 0.3 is 5.97 Å². The number of rotatable bonds is 4. The second kappa shape index (κ2) is 5.79. The minimum Gasteiger partial charge on any atom is -0.460 e. The number of esters is 1. The Bertz CT molecular complexity index is 689. The maximum atomic E-state index is 12.0. The SMILES string of the molecule is CCOC(=O)c1oc(-c2cccc(C)c2I)nc1C1CC1. The Morgan fingerprint density at radius 2 is 2.24 bits per heavy atom. The molecule has 0 aliphatic heterocycles. The Morgan fingerprint density at radius 1 is 1.48 bits per heavy atom. The molecule has 2 aromatic rings. The smallest absolute Gasteiger partial charge is 0.376 e. The predicted octanol–water partition coefficient (Wildman–Crippen LogP) is 4.31. The van der Waals surface area contributed by atoms with Crippen molar-refractivity contribution in [2.75, 3.05) is 6.61 Å². The van der Waals surface area contributed by atoms with Crippen LogP contribution in [0.15, 0.2) is 22.6 Å². The fraction of sp³-hybridized carbons (Fsp3) is 0.375. The molecule has 1 aliphatic carbocycles. The molecule has 110 valence electrons. The second-order valence-corrected chi connectivity index (χ2v) is 6.24. The van der Waals surface area contributed by atoms with Gasteiger partial charge in [-0.2, -0.15) is 0 Å². The molecule has 0 atom stereocenters. The Labute approximate surface area is 137 Å². The number of benzene rings is 1. The third-order valence-electron chi connectivity index (χ3n) is 3.50. The minimum atomic E-state index is -0.416. The summed E-state index contributed by atoms with van der Waals surface area (Å²) >= 11 is 2.28. The van der Waals surface area contributed by atoms with Gasteiger partial charge in [-0.15, -0.1) is 0 Å². The van der Waals surface area contributed by atoms with Gasteiger partial charge in [0.05, 0.1) is 17.9 Å². The molecule has 5 heteroatoms. The molecule has 0 N–H and O–H groups in total. The lowest BCUT2D eigenvalue weighted by Crippen LogP contribution is -2.05. The Hall–Kier alpha value is -1.37. The highest BCUT2D eigenvalue weighted by Crippen LogP contribution is 2.43. The fourth-order valence-electron chi connectivity index (χ4n) is 2.24. The Balaban J connectivity index is 2.06. The summed E-state index contributed by atoms with van der Waals surface area (Å²) in [5.74, 6) is 0.699. The first-order chi connectivity index (χ1) is 10.1. The van der Waals surface area contributed by atoms with Crippen LogP contribution in [0.25, 0.3) is 11.5 Å². The molecular weight excluding hydrogens is 381 g/mol. The Kier molecular flexibility index (Phi) is 4.01. The van der Waals surface area contributed by atoms with E-state index in [9.17, 15) is 4.79 Å². The number of hydrogen-bond acceptors (Lipinski definition) is 4. The van der Waals surface area contributed by atoms with Crippen LogP contribution in [0.4, 0.5) is 0 Å². The van der Waals surface area contributed by atoms with Crippen molar-refractivity contribution < 1.29 is 13.9 Å². The van der Waals surface area contributed by atoms with E-state index in [0.717, 1.165) is 33.2 Å². The third kappa shape index (κ3) is 2.84. The zero-order valence-corrected chi connectivity index (χ0v) is 14.1. The van der Waals surface area contributed by atoms with Crippen molar-refractivity contribution >= 4 is 28.6 Å². The van der Waals surface area contributed by atoms with Crippen LogP contribution in [0.1, 0.15) is 47.5 Å². The predicted molar refractivity (Wildman–Crippen MR) is 87.3 cm³/mol. The number of carbonyl (C=O) groups is 1. The van der Waals surface area contributed by atoms with Crippen LogP contribution in [-0.4, -0.2) is 17.6 Å². The van der Waals surface area contributed by atoms with Crippen LogP contribution < -0.4 is 0 Å². The normalized spacial score (nSPS) is 14.2. The number of oxazole rings is 1. The summed E-state index contributed by atoms with van der Waals surface area (Å²) in [5, 5.41) is 0. The zero-order chi connectivity index (χ0) is 15.0. The van der Waals surface area contributed by atoms with Crippen LogP contribution in [0, 0.1) is 10.5 Å². The molecule has 0 bridgehead atoms. The van der Waals surface area contributed by atoms with Gasteiger partial charge in [-0.05, 0) is 60.9 Å². The van der Waals surface area contributed by atoms with Crippen LogP contribution in [0.5, 0.6) is 0 Å². The van der Waals surface area contributed by atoms with E-state index >= 15 is 0 Å². The van der Waals surface area contributed by atoms with Crippen LogP contribution in [0.2, 0.25) is 0 Å². The molecule has 1 aliphatic rings. The number of aryl methyl sites for hydroxylation is 1. The van der Waals surface area contributed by atoms with Gasteiger partial charge in [-0.1, -0.05) is 12.1 Å². The molecule has 0 spiro atoms. The summed E-state index contributed by atoms with van der Waals surface area (Å²) in [6.45, 7) is 4.17. The summed E-state index contributed by atoms with van der Waals surface area (Å²) in [6, 6.07) is 5.98. The van der Waals surface area contributed by atoms with Gasteiger partial charge in [0, 0.05) is 9.49 Å². The summed E-state index contributed by atoms with van der Waals surface area (Å²) in [7, 11) is 0. The van der Waals surface area contributed by atoms with Gasteiger partial charge in [0.1, 0.15) is 0 Å². The number of nitrogens with zero attached hydrogens (tertiary/aromatic N) is 1. The van der Waals surface area contributed by atoms with E-state index in [0.29, 0.717) is 18.4 Å². The van der Waals surface area contributed by atoms with E-state index in [1.54, 1.807) is 6.92 Å². The van der Waals surface area contributed by atoms with Crippen LogP contribution >= 0.6 is 22.6 Å². The van der Waals surface area contributed by atoms with Gasteiger partial charge in [0.2, 0.25) is 11.7 Å². The van der Waals surface area contributed by atoms with Crippen LogP contribution in [-0.2, 0) is 4.74 Å². The topological polar surface area (TPSA) is 52.3 Å². The summed E-state index contributed by atoms with van der Waals surface area (Å²) in [5.41, 5.74) is 2.84. The first kappa shape index (κ1) is 14.6. The first-order valence-electron chi connectivity index (χ1n) is 7.05. The molecule has 3 rings (SSSR count). The highest BCUT2D eigenvalue weighted by atomic mass is 127. The van der Waals surface area contributed by atoms with Crippen molar-refractivity contribution in [3.63, 3.8) is 0 Å². The monoisotopic (exact) mass is 397 g/mol. The highest BCUT2D eigenvalue weighted by Gasteiger charge is 2.34. The quantitative estimate of drug-likeness (QED) is 0.570. The number of aromatic nitrogens is 1. The molecule has 0 radical (unpaired) electrons. The van der Waals surface area contributed by atoms with Gasteiger partial charge in [-0.3, -0.25) is 0 Å². The standard InChI is InChI=1S/C16H16INO3/c1-3-20-16(19)14-13(10-7-8-10)18-15(21-14)11-6-4-5-9(2)12(11)17/h4-6,10H,3,7-8H2,1-2H3. The van der Waals surface area contributed by atoms with Crippen molar-refractivity contribution in [3.8, 4) is 11.5 Å². The molecule has 0 amide bonds.